The minimum absolute atomic E-state index is 0.0345. The highest BCUT2D eigenvalue weighted by Gasteiger charge is 2.15. The van der Waals surface area contributed by atoms with Crippen LogP contribution in [0.4, 0.5) is 8.78 Å². The molecule has 1 atom stereocenters. The van der Waals surface area contributed by atoms with Crippen molar-refractivity contribution < 1.29 is 18.7 Å². The molecule has 0 bridgehead atoms. The normalized spacial score (nSPS) is 12.1. The van der Waals surface area contributed by atoms with E-state index < -0.39 is 30.1 Å². The fourth-order valence-corrected chi connectivity index (χ4v) is 2.67. The first-order valence-electron chi connectivity index (χ1n) is 7.91. The van der Waals surface area contributed by atoms with Gasteiger partial charge in [0.1, 0.15) is 11.6 Å². The molecule has 1 amide bonds. The van der Waals surface area contributed by atoms with Gasteiger partial charge in [-0.3, -0.25) is 4.79 Å². The van der Waals surface area contributed by atoms with Crippen molar-refractivity contribution in [2.45, 2.75) is 12.5 Å². The van der Waals surface area contributed by atoms with Gasteiger partial charge in [0.25, 0.3) is 0 Å². The second-order valence-corrected chi connectivity index (χ2v) is 5.80. The number of hydrogen-bond donors (Lipinski definition) is 2. The highest BCUT2D eigenvalue weighted by Crippen LogP contribution is 2.20. The molecule has 0 aliphatic carbocycles. The van der Waals surface area contributed by atoms with Crippen molar-refractivity contribution in [2.75, 3.05) is 6.54 Å². The first-order valence-corrected chi connectivity index (χ1v) is 7.91. The Kier molecular flexibility index (Phi) is 5.05. The van der Waals surface area contributed by atoms with E-state index in [2.05, 4.69) is 5.32 Å². The molecule has 1 unspecified atom stereocenters. The molecule has 0 aromatic heterocycles. The third-order valence-electron chi connectivity index (χ3n) is 4.05. The molecule has 3 aromatic carbocycles. The maximum Gasteiger partial charge on any atom is 0.224 e. The zero-order chi connectivity index (χ0) is 17.8. The lowest BCUT2D eigenvalue weighted by Gasteiger charge is -2.13. The third kappa shape index (κ3) is 4.00. The molecule has 0 radical (unpaired) electrons. The Hall–Kier alpha value is -2.79. The summed E-state index contributed by atoms with van der Waals surface area (Å²) in [7, 11) is 0. The van der Waals surface area contributed by atoms with Crippen LogP contribution in [0.5, 0.6) is 0 Å². The Morgan fingerprint density at radius 3 is 2.36 bits per heavy atom. The maximum absolute atomic E-state index is 13.6. The number of halogens is 2. The van der Waals surface area contributed by atoms with E-state index in [1.165, 1.54) is 6.07 Å². The molecule has 0 saturated carbocycles. The van der Waals surface area contributed by atoms with Gasteiger partial charge in [-0.2, -0.15) is 0 Å². The van der Waals surface area contributed by atoms with Gasteiger partial charge in [0.15, 0.2) is 0 Å². The number of aliphatic hydroxyl groups excluding tert-OH is 1. The van der Waals surface area contributed by atoms with Crippen molar-refractivity contribution in [1.29, 1.82) is 0 Å². The van der Waals surface area contributed by atoms with Crippen LogP contribution in [0, 0.1) is 11.6 Å². The van der Waals surface area contributed by atoms with Gasteiger partial charge in [-0.1, -0.05) is 42.5 Å². The second-order valence-electron chi connectivity index (χ2n) is 5.80. The summed E-state index contributed by atoms with van der Waals surface area (Å²) >= 11 is 0. The Bertz CT molecular complexity index is 891. The molecular weight excluding hydrogens is 324 g/mol. The van der Waals surface area contributed by atoms with E-state index in [-0.39, 0.29) is 12.1 Å². The van der Waals surface area contributed by atoms with Crippen molar-refractivity contribution in [3.63, 3.8) is 0 Å². The molecule has 3 nitrogen and oxygen atoms in total. The van der Waals surface area contributed by atoms with Crippen LogP contribution in [0.1, 0.15) is 17.2 Å². The number of amides is 1. The molecule has 0 heterocycles. The molecule has 25 heavy (non-hydrogen) atoms. The molecule has 0 aliphatic heterocycles. The summed E-state index contributed by atoms with van der Waals surface area (Å²) in [6.45, 7) is -0.0345. The van der Waals surface area contributed by atoms with Crippen LogP contribution in [-0.2, 0) is 11.2 Å². The lowest BCUT2D eigenvalue weighted by molar-refractivity contribution is -0.121. The summed E-state index contributed by atoms with van der Waals surface area (Å²) in [5.41, 5.74) is 0.385. The molecular formula is C20H17F2NO2. The first kappa shape index (κ1) is 17.0. The SMILES string of the molecule is O=C(Cc1c(F)cccc1F)NCC(O)c1ccc2ccccc2c1. The topological polar surface area (TPSA) is 49.3 Å². The number of nitrogens with one attached hydrogen (secondary N) is 1. The summed E-state index contributed by atoms with van der Waals surface area (Å²) in [5, 5.41) is 14.8. The molecule has 2 N–H and O–H groups in total. The summed E-state index contributed by atoms with van der Waals surface area (Å²) < 4.78 is 27.1. The average molecular weight is 341 g/mol. The number of carbonyl (C=O) groups is 1. The van der Waals surface area contributed by atoms with Crippen molar-refractivity contribution in [2.24, 2.45) is 0 Å². The van der Waals surface area contributed by atoms with E-state index in [0.29, 0.717) is 5.56 Å². The van der Waals surface area contributed by atoms with E-state index in [1.54, 1.807) is 6.07 Å². The van der Waals surface area contributed by atoms with E-state index in [4.69, 9.17) is 0 Å². The molecule has 0 spiro atoms. The summed E-state index contributed by atoms with van der Waals surface area (Å²) in [6.07, 6.45) is -1.32. The zero-order valence-electron chi connectivity index (χ0n) is 13.4. The molecule has 0 aliphatic rings. The Balaban J connectivity index is 1.63. The van der Waals surface area contributed by atoms with Crippen molar-refractivity contribution in [1.82, 2.24) is 5.32 Å². The Morgan fingerprint density at radius 2 is 1.64 bits per heavy atom. The number of carbonyl (C=O) groups excluding carboxylic acids is 1. The Morgan fingerprint density at radius 1 is 0.960 bits per heavy atom. The highest BCUT2D eigenvalue weighted by molar-refractivity contribution is 5.83. The van der Waals surface area contributed by atoms with Gasteiger partial charge in [0.05, 0.1) is 12.5 Å². The number of hydrogen-bond acceptors (Lipinski definition) is 2. The maximum atomic E-state index is 13.6. The van der Waals surface area contributed by atoms with Crippen LogP contribution in [0.3, 0.4) is 0 Å². The molecule has 5 heteroatoms. The van der Waals surface area contributed by atoms with Crippen molar-refractivity contribution in [3.05, 3.63) is 83.4 Å². The van der Waals surface area contributed by atoms with Gasteiger partial charge in [0.2, 0.25) is 5.91 Å². The molecule has 0 saturated heterocycles. The number of benzene rings is 3. The third-order valence-corrected chi connectivity index (χ3v) is 4.05. The van der Waals surface area contributed by atoms with Crippen molar-refractivity contribution in [3.8, 4) is 0 Å². The van der Waals surface area contributed by atoms with Crippen LogP contribution >= 0.6 is 0 Å². The van der Waals surface area contributed by atoms with Crippen LogP contribution < -0.4 is 5.32 Å². The molecule has 0 fully saturated rings. The van der Waals surface area contributed by atoms with Gasteiger partial charge >= 0.3 is 0 Å². The van der Waals surface area contributed by atoms with Crippen molar-refractivity contribution >= 4 is 16.7 Å². The van der Waals surface area contributed by atoms with Gasteiger partial charge in [-0.25, -0.2) is 8.78 Å². The minimum atomic E-state index is -0.904. The minimum Gasteiger partial charge on any atom is -0.387 e. The predicted octanol–water partition coefficient (Wildman–Crippen LogP) is 3.51. The summed E-state index contributed by atoms with van der Waals surface area (Å²) in [6, 6.07) is 16.7. The van der Waals surface area contributed by atoms with Crippen LogP contribution in [0.25, 0.3) is 10.8 Å². The van der Waals surface area contributed by atoms with E-state index in [0.717, 1.165) is 22.9 Å². The van der Waals surface area contributed by atoms with Crippen LogP contribution in [-0.4, -0.2) is 17.6 Å². The van der Waals surface area contributed by atoms with Crippen LogP contribution in [0.2, 0.25) is 0 Å². The van der Waals surface area contributed by atoms with Gasteiger partial charge in [-0.05, 0) is 34.5 Å². The van der Waals surface area contributed by atoms with E-state index >= 15 is 0 Å². The fraction of sp³-hybridized carbons (Fsp3) is 0.150. The lowest BCUT2D eigenvalue weighted by Crippen LogP contribution is -2.30. The summed E-state index contributed by atoms with van der Waals surface area (Å²) in [4.78, 5) is 11.9. The molecule has 3 rings (SSSR count). The quantitative estimate of drug-likeness (QED) is 0.746. The fourth-order valence-electron chi connectivity index (χ4n) is 2.67. The standard InChI is InChI=1S/C20H17F2NO2/c21-17-6-3-7-18(22)16(17)11-20(25)23-12-19(24)15-9-8-13-4-1-2-5-14(13)10-15/h1-10,19,24H,11-12H2,(H,23,25). The van der Waals surface area contributed by atoms with Gasteiger partial charge < -0.3 is 10.4 Å². The zero-order valence-corrected chi connectivity index (χ0v) is 13.4. The smallest absolute Gasteiger partial charge is 0.224 e. The van der Waals surface area contributed by atoms with E-state index in [1.807, 2.05) is 36.4 Å². The molecule has 3 aromatic rings. The highest BCUT2D eigenvalue weighted by atomic mass is 19.1. The lowest BCUT2D eigenvalue weighted by atomic mass is 10.0. The summed E-state index contributed by atoms with van der Waals surface area (Å²) in [5.74, 6) is -2.07. The largest absolute Gasteiger partial charge is 0.387 e. The Labute approximate surface area is 143 Å². The van der Waals surface area contributed by atoms with Gasteiger partial charge in [0, 0.05) is 12.1 Å². The average Bonchev–Trinajstić information content (AvgIpc) is 2.62. The molecule has 128 valence electrons. The van der Waals surface area contributed by atoms with Crippen LogP contribution in [0.15, 0.2) is 60.7 Å². The second kappa shape index (κ2) is 7.40. The predicted molar refractivity (Wildman–Crippen MR) is 92.0 cm³/mol. The monoisotopic (exact) mass is 341 g/mol. The first-order chi connectivity index (χ1) is 12.0. The number of aliphatic hydroxyl groups is 1. The number of fused-ring (bicyclic) bond motifs is 1. The van der Waals surface area contributed by atoms with Gasteiger partial charge in [-0.15, -0.1) is 0 Å². The van der Waals surface area contributed by atoms with E-state index in [9.17, 15) is 18.7 Å². The number of rotatable bonds is 5.